The van der Waals surface area contributed by atoms with Gasteiger partial charge in [0.15, 0.2) is 0 Å². The Morgan fingerprint density at radius 2 is 1.96 bits per heavy atom. The zero-order valence-corrected chi connectivity index (χ0v) is 16.4. The second-order valence-corrected chi connectivity index (χ2v) is 9.61. The standard InChI is InChI=1S/C13H15BrN6O4S2/c14-11-7-17-13-19-8-4-9(25(15,21)22)6-10(5-8)26(23,24)18-3-1-2-16-12(11)20-13/h4-7,18H,1-3H2,(H2,15,21,22)(H2,16,17,19,20). The molecule has 0 saturated heterocycles. The number of hydrogen-bond donors (Lipinski definition) is 4. The molecule has 4 bridgehead atoms. The van der Waals surface area contributed by atoms with E-state index in [-0.39, 0.29) is 28.0 Å². The molecule has 10 nitrogen and oxygen atoms in total. The first-order valence-electron chi connectivity index (χ1n) is 7.36. The van der Waals surface area contributed by atoms with E-state index in [9.17, 15) is 16.8 Å². The van der Waals surface area contributed by atoms with Crippen LogP contribution in [0.2, 0.25) is 0 Å². The Balaban J connectivity index is 2.16. The summed E-state index contributed by atoms with van der Waals surface area (Å²) in [5.41, 5.74) is 0.171. The number of nitrogens with zero attached hydrogens (tertiary/aromatic N) is 2. The second-order valence-electron chi connectivity index (χ2n) is 5.43. The third-order valence-electron chi connectivity index (χ3n) is 3.46. The van der Waals surface area contributed by atoms with Gasteiger partial charge in [0.1, 0.15) is 5.82 Å². The lowest BCUT2D eigenvalue weighted by molar-refractivity contribution is 0.579. The Bertz CT molecular complexity index is 1060. The molecule has 3 rings (SSSR count). The highest BCUT2D eigenvalue weighted by Crippen LogP contribution is 2.26. The molecule has 0 radical (unpaired) electrons. The molecular formula is C13H15BrN6O4S2. The van der Waals surface area contributed by atoms with Crippen molar-refractivity contribution in [1.82, 2.24) is 14.7 Å². The van der Waals surface area contributed by atoms with Gasteiger partial charge in [-0.15, -0.1) is 0 Å². The maximum absolute atomic E-state index is 12.5. The minimum atomic E-state index is -4.12. The van der Waals surface area contributed by atoms with Crippen LogP contribution in [0.3, 0.4) is 0 Å². The van der Waals surface area contributed by atoms with E-state index in [4.69, 9.17) is 5.14 Å². The van der Waals surface area contributed by atoms with Crippen LogP contribution in [-0.2, 0) is 20.0 Å². The summed E-state index contributed by atoms with van der Waals surface area (Å²) in [5, 5.41) is 11.0. The summed E-state index contributed by atoms with van der Waals surface area (Å²) in [4.78, 5) is 7.81. The number of anilines is 3. The Kier molecular flexibility index (Phi) is 5.16. The third-order valence-corrected chi connectivity index (χ3v) is 6.37. The van der Waals surface area contributed by atoms with Gasteiger partial charge in [0, 0.05) is 25.0 Å². The van der Waals surface area contributed by atoms with Crippen molar-refractivity contribution in [2.24, 2.45) is 5.14 Å². The van der Waals surface area contributed by atoms with Crippen LogP contribution >= 0.6 is 15.9 Å². The molecular weight excluding hydrogens is 448 g/mol. The summed E-state index contributed by atoms with van der Waals surface area (Å²) >= 11 is 3.33. The topological polar surface area (TPSA) is 156 Å². The van der Waals surface area contributed by atoms with Crippen molar-refractivity contribution in [2.75, 3.05) is 23.7 Å². The summed E-state index contributed by atoms with van der Waals surface area (Å²) in [6.45, 7) is 0.630. The zero-order valence-electron chi connectivity index (χ0n) is 13.2. The van der Waals surface area contributed by atoms with E-state index < -0.39 is 20.0 Å². The van der Waals surface area contributed by atoms with Crippen LogP contribution < -0.4 is 20.5 Å². The number of aromatic nitrogens is 2. The van der Waals surface area contributed by atoms with Gasteiger partial charge in [0.25, 0.3) is 0 Å². The predicted octanol–water partition coefficient (Wildman–Crippen LogP) is 0.724. The zero-order chi connectivity index (χ0) is 18.9. The number of nitrogens with two attached hydrogens (primary N) is 1. The van der Waals surface area contributed by atoms with E-state index >= 15 is 0 Å². The smallest absolute Gasteiger partial charge is 0.240 e. The van der Waals surface area contributed by atoms with Gasteiger partial charge >= 0.3 is 0 Å². The molecule has 0 saturated carbocycles. The molecule has 2 heterocycles. The average molecular weight is 463 g/mol. The largest absolute Gasteiger partial charge is 0.369 e. The fourth-order valence-electron chi connectivity index (χ4n) is 2.23. The van der Waals surface area contributed by atoms with Crippen molar-refractivity contribution in [2.45, 2.75) is 16.2 Å². The molecule has 0 atom stereocenters. The highest BCUT2D eigenvalue weighted by Gasteiger charge is 2.20. The minimum Gasteiger partial charge on any atom is -0.369 e. The van der Waals surface area contributed by atoms with E-state index in [1.807, 2.05) is 0 Å². The highest BCUT2D eigenvalue weighted by molar-refractivity contribution is 9.10. The van der Waals surface area contributed by atoms with Crippen LogP contribution in [0.1, 0.15) is 6.42 Å². The lowest BCUT2D eigenvalue weighted by Crippen LogP contribution is -2.26. The van der Waals surface area contributed by atoms with Crippen molar-refractivity contribution in [3.8, 4) is 0 Å². The molecule has 0 aliphatic carbocycles. The van der Waals surface area contributed by atoms with Crippen molar-refractivity contribution in [3.05, 3.63) is 28.9 Å². The molecule has 1 aromatic carbocycles. The number of halogens is 1. The third kappa shape index (κ3) is 4.29. The monoisotopic (exact) mass is 462 g/mol. The van der Waals surface area contributed by atoms with Gasteiger partial charge in [0.05, 0.1) is 14.3 Å². The fourth-order valence-corrected chi connectivity index (χ4v) is 4.36. The number of sulfonamides is 2. The van der Waals surface area contributed by atoms with Crippen LogP contribution in [0, 0.1) is 0 Å². The molecule has 2 aromatic rings. The Morgan fingerprint density at radius 1 is 1.19 bits per heavy atom. The summed E-state index contributed by atoms with van der Waals surface area (Å²) in [6, 6.07) is 3.51. The lowest BCUT2D eigenvalue weighted by atomic mass is 10.3. The summed E-state index contributed by atoms with van der Waals surface area (Å²) < 4.78 is 51.4. The van der Waals surface area contributed by atoms with Crippen LogP contribution in [-0.4, -0.2) is 39.9 Å². The van der Waals surface area contributed by atoms with E-state index in [0.29, 0.717) is 23.3 Å². The lowest BCUT2D eigenvalue weighted by Gasteiger charge is -2.11. The normalized spacial score (nSPS) is 17.0. The van der Waals surface area contributed by atoms with Gasteiger partial charge < -0.3 is 10.6 Å². The SMILES string of the molecule is NS(=O)(=O)c1cc2cc(c1)S(=O)(=O)NCCCNc1nc(ncc1Br)N2. The first-order valence-corrected chi connectivity index (χ1v) is 11.2. The van der Waals surface area contributed by atoms with Gasteiger partial charge in [-0.05, 0) is 40.5 Å². The minimum absolute atomic E-state index is 0.160. The number of rotatable bonds is 1. The van der Waals surface area contributed by atoms with E-state index in [2.05, 4.69) is 41.3 Å². The molecule has 0 spiro atoms. The van der Waals surface area contributed by atoms with Crippen LogP contribution in [0.4, 0.5) is 17.5 Å². The van der Waals surface area contributed by atoms with Gasteiger partial charge in [-0.1, -0.05) is 0 Å². The van der Waals surface area contributed by atoms with E-state index in [0.717, 1.165) is 6.07 Å². The summed E-state index contributed by atoms with van der Waals surface area (Å²) in [6.07, 6.45) is 2.01. The van der Waals surface area contributed by atoms with Crippen LogP contribution in [0.25, 0.3) is 0 Å². The molecule has 1 aliphatic heterocycles. The average Bonchev–Trinajstić information content (AvgIpc) is 2.56. The number of primary sulfonamides is 1. The van der Waals surface area contributed by atoms with Gasteiger partial charge in [-0.25, -0.2) is 31.7 Å². The maximum atomic E-state index is 12.5. The van der Waals surface area contributed by atoms with Crippen molar-refractivity contribution >= 4 is 53.4 Å². The predicted molar refractivity (Wildman–Crippen MR) is 99.1 cm³/mol. The van der Waals surface area contributed by atoms with Crippen molar-refractivity contribution in [1.29, 1.82) is 0 Å². The molecule has 1 aliphatic rings. The van der Waals surface area contributed by atoms with Crippen molar-refractivity contribution < 1.29 is 16.8 Å². The fraction of sp³-hybridized carbons (Fsp3) is 0.231. The Hall–Kier alpha value is -1.80. The second kappa shape index (κ2) is 7.08. The summed E-state index contributed by atoms with van der Waals surface area (Å²) in [5.74, 6) is 0.685. The first-order chi connectivity index (χ1) is 12.1. The number of benzene rings is 1. The molecule has 140 valence electrons. The Morgan fingerprint density at radius 3 is 2.69 bits per heavy atom. The molecule has 1 aromatic heterocycles. The van der Waals surface area contributed by atoms with E-state index in [1.165, 1.54) is 18.3 Å². The summed E-state index contributed by atoms with van der Waals surface area (Å²) in [7, 11) is -8.03. The molecule has 0 amide bonds. The maximum Gasteiger partial charge on any atom is 0.240 e. The van der Waals surface area contributed by atoms with Gasteiger partial charge in [0.2, 0.25) is 26.0 Å². The van der Waals surface area contributed by atoms with Gasteiger partial charge in [-0.3, -0.25) is 0 Å². The molecule has 13 heteroatoms. The quantitative estimate of drug-likeness (QED) is 0.482. The highest BCUT2D eigenvalue weighted by atomic mass is 79.9. The molecule has 26 heavy (non-hydrogen) atoms. The number of hydrogen-bond acceptors (Lipinski definition) is 8. The van der Waals surface area contributed by atoms with Crippen molar-refractivity contribution in [3.63, 3.8) is 0 Å². The molecule has 5 N–H and O–H groups in total. The van der Waals surface area contributed by atoms with Gasteiger partial charge in [-0.2, -0.15) is 4.98 Å². The molecule has 0 unspecified atom stereocenters. The van der Waals surface area contributed by atoms with E-state index in [1.54, 1.807) is 0 Å². The van der Waals surface area contributed by atoms with Crippen LogP contribution in [0.15, 0.2) is 38.7 Å². The number of nitrogens with one attached hydrogen (secondary N) is 3. The first kappa shape index (κ1) is 19.0. The van der Waals surface area contributed by atoms with Crippen LogP contribution in [0.5, 0.6) is 0 Å². The Labute approximate surface area is 158 Å². The number of fused-ring (bicyclic) bond motifs is 4. The molecule has 0 fully saturated rings.